The van der Waals surface area contributed by atoms with Gasteiger partial charge in [0.1, 0.15) is 18.0 Å². The molecule has 0 aromatic heterocycles. The SMILES string of the molecule is CN(C(=O)[C@H]1CC(=O)N(c2ccc(F)cc2)C1)[C@@H]1COC[C@@H](O)[C@H]1O. The Morgan fingerprint density at radius 2 is 1.96 bits per heavy atom. The molecule has 0 radical (unpaired) electrons. The number of carbonyl (C=O) groups is 2. The van der Waals surface area contributed by atoms with Crippen molar-refractivity contribution in [3.63, 3.8) is 0 Å². The molecule has 3 rings (SSSR count). The van der Waals surface area contributed by atoms with Crippen LogP contribution in [-0.4, -0.2) is 72.0 Å². The van der Waals surface area contributed by atoms with E-state index < -0.39 is 30.0 Å². The third-order valence-electron chi connectivity index (χ3n) is 4.82. The summed E-state index contributed by atoms with van der Waals surface area (Å²) in [6, 6.07) is 4.87. The third kappa shape index (κ3) is 3.51. The lowest BCUT2D eigenvalue weighted by Crippen LogP contribution is -2.57. The fourth-order valence-electron chi connectivity index (χ4n) is 3.30. The Balaban J connectivity index is 1.69. The Labute approximate surface area is 144 Å². The van der Waals surface area contributed by atoms with Crippen molar-refractivity contribution in [3.8, 4) is 0 Å². The van der Waals surface area contributed by atoms with E-state index in [1.54, 1.807) is 0 Å². The summed E-state index contributed by atoms with van der Waals surface area (Å²) >= 11 is 0. The molecule has 1 aromatic rings. The highest BCUT2D eigenvalue weighted by Crippen LogP contribution is 2.27. The van der Waals surface area contributed by atoms with Gasteiger partial charge in [0.15, 0.2) is 0 Å². The van der Waals surface area contributed by atoms with Gasteiger partial charge in [0.2, 0.25) is 11.8 Å². The van der Waals surface area contributed by atoms with Crippen LogP contribution < -0.4 is 4.90 Å². The minimum Gasteiger partial charge on any atom is -0.388 e. The number of aliphatic hydroxyl groups excluding tert-OH is 2. The Bertz CT molecular complexity index is 653. The van der Waals surface area contributed by atoms with Gasteiger partial charge in [-0.1, -0.05) is 0 Å². The van der Waals surface area contributed by atoms with Gasteiger partial charge in [-0.05, 0) is 24.3 Å². The fourth-order valence-corrected chi connectivity index (χ4v) is 3.30. The van der Waals surface area contributed by atoms with E-state index in [0.717, 1.165) is 0 Å². The van der Waals surface area contributed by atoms with Crippen molar-refractivity contribution in [2.24, 2.45) is 5.92 Å². The standard InChI is InChI=1S/C17H21FN2O5/c1-19(13-8-25-9-14(21)16(13)23)17(24)10-6-15(22)20(7-10)12-4-2-11(18)3-5-12/h2-5,10,13-14,16,21,23H,6-9H2,1H3/t10-,13+,14+,16-/m0/s1. The first-order valence-corrected chi connectivity index (χ1v) is 8.15. The second kappa shape index (κ2) is 7.07. The van der Waals surface area contributed by atoms with E-state index in [9.17, 15) is 24.2 Å². The monoisotopic (exact) mass is 352 g/mol. The van der Waals surface area contributed by atoms with E-state index in [1.165, 1.54) is 41.1 Å². The van der Waals surface area contributed by atoms with E-state index in [0.29, 0.717) is 5.69 Å². The molecule has 2 saturated heterocycles. The largest absolute Gasteiger partial charge is 0.388 e. The van der Waals surface area contributed by atoms with Crippen LogP contribution in [-0.2, 0) is 14.3 Å². The Kier molecular flexibility index (Phi) is 5.03. The lowest BCUT2D eigenvalue weighted by molar-refractivity contribution is -0.156. The molecule has 1 aromatic carbocycles. The molecule has 25 heavy (non-hydrogen) atoms. The molecule has 0 saturated carbocycles. The number of hydrogen-bond acceptors (Lipinski definition) is 5. The molecule has 2 amide bonds. The molecule has 8 heteroatoms. The number of aliphatic hydroxyl groups is 2. The average molecular weight is 352 g/mol. The van der Waals surface area contributed by atoms with Gasteiger partial charge in [-0.3, -0.25) is 9.59 Å². The Hall–Kier alpha value is -2.03. The number of halogens is 1. The lowest BCUT2D eigenvalue weighted by Gasteiger charge is -2.38. The van der Waals surface area contributed by atoms with Crippen LogP contribution in [0.1, 0.15) is 6.42 Å². The highest BCUT2D eigenvalue weighted by Gasteiger charge is 2.41. The van der Waals surface area contributed by atoms with Crippen molar-refractivity contribution in [1.82, 2.24) is 4.90 Å². The van der Waals surface area contributed by atoms with Crippen LogP contribution in [0.25, 0.3) is 0 Å². The first kappa shape index (κ1) is 17.8. The number of ether oxygens (including phenoxy) is 1. The predicted octanol–water partition coefficient (Wildman–Crippen LogP) is -0.242. The lowest BCUT2D eigenvalue weighted by atomic mass is 10.00. The zero-order valence-corrected chi connectivity index (χ0v) is 13.8. The van der Waals surface area contributed by atoms with E-state index in [2.05, 4.69) is 0 Å². The van der Waals surface area contributed by atoms with Crippen LogP contribution in [0.15, 0.2) is 24.3 Å². The molecule has 0 aliphatic carbocycles. The minimum atomic E-state index is -1.09. The van der Waals surface area contributed by atoms with Crippen molar-refractivity contribution in [2.75, 3.05) is 31.7 Å². The van der Waals surface area contributed by atoms with Gasteiger partial charge in [0.25, 0.3) is 0 Å². The number of amides is 2. The molecule has 2 fully saturated rings. The van der Waals surface area contributed by atoms with E-state index in [1.807, 2.05) is 0 Å². The number of rotatable bonds is 3. The van der Waals surface area contributed by atoms with Crippen molar-refractivity contribution in [1.29, 1.82) is 0 Å². The molecule has 2 heterocycles. The molecular weight excluding hydrogens is 331 g/mol. The average Bonchev–Trinajstić information content (AvgIpc) is 2.98. The number of nitrogens with zero attached hydrogens (tertiary/aromatic N) is 2. The quantitative estimate of drug-likeness (QED) is 0.784. The summed E-state index contributed by atoms with van der Waals surface area (Å²) in [5.74, 6) is -1.46. The second-order valence-corrected chi connectivity index (χ2v) is 6.49. The van der Waals surface area contributed by atoms with Gasteiger partial charge in [-0.15, -0.1) is 0 Å². The number of hydrogen-bond donors (Lipinski definition) is 2. The molecule has 0 bridgehead atoms. The van der Waals surface area contributed by atoms with Crippen molar-refractivity contribution >= 4 is 17.5 Å². The van der Waals surface area contributed by atoms with Crippen LogP contribution in [0.4, 0.5) is 10.1 Å². The number of anilines is 1. The highest BCUT2D eigenvalue weighted by atomic mass is 19.1. The molecule has 136 valence electrons. The minimum absolute atomic E-state index is 0.0277. The summed E-state index contributed by atoms with van der Waals surface area (Å²) in [4.78, 5) is 27.8. The van der Waals surface area contributed by atoms with Gasteiger partial charge in [-0.25, -0.2) is 4.39 Å². The number of carbonyl (C=O) groups excluding carboxylic acids is 2. The van der Waals surface area contributed by atoms with Crippen LogP contribution in [0.3, 0.4) is 0 Å². The second-order valence-electron chi connectivity index (χ2n) is 6.49. The third-order valence-corrected chi connectivity index (χ3v) is 4.82. The Morgan fingerprint density at radius 3 is 2.64 bits per heavy atom. The highest BCUT2D eigenvalue weighted by molar-refractivity contribution is 6.00. The maximum Gasteiger partial charge on any atom is 0.228 e. The van der Waals surface area contributed by atoms with Crippen LogP contribution in [0, 0.1) is 11.7 Å². The van der Waals surface area contributed by atoms with Gasteiger partial charge in [0.05, 0.1) is 25.2 Å². The molecule has 4 atom stereocenters. The van der Waals surface area contributed by atoms with E-state index in [4.69, 9.17) is 4.74 Å². The van der Waals surface area contributed by atoms with E-state index in [-0.39, 0.29) is 38.0 Å². The molecule has 2 N–H and O–H groups in total. The summed E-state index contributed by atoms with van der Waals surface area (Å²) in [6.07, 6.45) is -2.09. The van der Waals surface area contributed by atoms with E-state index >= 15 is 0 Å². The maximum absolute atomic E-state index is 13.0. The molecule has 2 aliphatic rings. The summed E-state index contributed by atoms with van der Waals surface area (Å²) in [5.41, 5.74) is 0.542. The zero-order valence-electron chi connectivity index (χ0n) is 13.8. The molecule has 2 aliphatic heterocycles. The summed E-state index contributed by atoms with van der Waals surface area (Å²) in [6.45, 7) is 0.350. The van der Waals surface area contributed by atoms with Crippen molar-refractivity contribution < 1.29 is 28.9 Å². The van der Waals surface area contributed by atoms with Gasteiger partial charge in [0, 0.05) is 25.7 Å². The van der Waals surface area contributed by atoms with Crippen molar-refractivity contribution in [3.05, 3.63) is 30.1 Å². The zero-order chi connectivity index (χ0) is 18.1. The van der Waals surface area contributed by atoms with Gasteiger partial charge < -0.3 is 24.7 Å². The summed E-state index contributed by atoms with van der Waals surface area (Å²) < 4.78 is 18.2. The Morgan fingerprint density at radius 1 is 1.28 bits per heavy atom. The first-order chi connectivity index (χ1) is 11.9. The molecule has 0 spiro atoms. The smallest absolute Gasteiger partial charge is 0.228 e. The molecule has 0 unspecified atom stereocenters. The maximum atomic E-state index is 13.0. The van der Waals surface area contributed by atoms with Crippen LogP contribution >= 0.6 is 0 Å². The fraction of sp³-hybridized carbons (Fsp3) is 0.529. The van der Waals surface area contributed by atoms with Crippen LogP contribution in [0.5, 0.6) is 0 Å². The molecule has 7 nitrogen and oxygen atoms in total. The summed E-state index contributed by atoms with van der Waals surface area (Å²) in [7, 11) is 1.53. The van der Waals surface area contributed by atoms with Crippen molar-refractivity contribution in [2.45, 2.75) is 24.7 Å². The number of likely N-dealkylation sites (N-methyl/N-ethyl adjacent to an activating group) is 1. The number of benzene rings is 1. The van der Waals surface area contributed by atoms with Gasteiger partial charge in [-0.2, -0.15) is 0 Å². The first-order valence-electron chi connectivity index (χ1n) is 8.15. The van der Waals surface area contributed by atoms with Gasteiger partial charge >= 0.3 is 0 Å². The predicted molar refractivity (Wildman–Crippen MR) is 86.3 cm³/mol. The normalized spacial score (nSPS) is 29.8. The molecular formula is C17H21FN2O5. The topological polar surface area (TPSA) is 90.3 Å². The summed E-state index contributed by atoms with van der Waals surface area (Å²) in [5, 5.41) is 19.8. The van der Waals surface area contributed by atoms with Crippen LogP contribution in [0.2, 0.25) is 0 Å².